The quantitative estimate of drug-likeness (QED) is 0.303. The summed E-state index contributed by atoms with van der Waals surface area (Å²) in [6.45, 7) is 4.05. The van der Waals surface area contributed by atoms with E-state index < -0.39 is 9.84 Å². The van der Waals surface area contributed by atoms with Crippen molar-refractivity contribution in [2.45, 2.75) is 38.8 Å². The van der Waals surface area contributed by atoms with E-state index in [1.165, 1.54) is 5.56 Å². The number of guanidine groups is 1. The molecule has 0 amide bonds. The lowest BCUT2D eigenvalue weighted by Crippen LogP contribution is -2.45. The molecule has 1 fully saturated rings. The zero-order valence-electron chi connectivity index (χ0n) is 16.6. The molecule has 2 heterocycles. The number of halogens is 1. The average Bonchev–Trinajstić information content (AvgIpc) is 3.28. The van der Waals surface area contributed by atoms with Crippen LogP contribution in [-0.2, 0) is 29.2 Å². The van der Waals surface area contributed by atoms with Crippen LogP contribution >= 0.6 is 24.0 Å². The maximum absolute atomic E-state index is 11.7. The van der Waals surface area contributed by atoms with Gasteiger partial charge < -0.3 is 15.2 Å². The number of aryl methyl sites for hydroxylation is 1. The molecule has 29 heavy (non-hydrogen) atoms. The van der Waals surface area contributed by atoms with E-state index in [1.54, 1.807) is 6.33 Å². The molecule has 8 nitrogen and oxygen atoms in total. The number of aromatic nitrogens is 3. The van der Waals surface area contributed by atoms with E-state index in [1.807, 2.05) is 29.7 Å². The lowest BCUT2D eigenvalue weighted by atomic mass is 10.2. The van der Waals surface area contributed by atoms with Crippen molar-refractivity contribution >= 4 is 39.8 Å². The molecule has 160 valence electrons. The molecule has 3 rings (SSSR count). The van der Waals surface area contributed by atoms with E-state index in [4.69, 9.17) is 0 Å². The number of nitrogens with one attached hydrogen (secondary N) is 2. The SMILES string of the molecule is CCc1nncn1CCNC(=NCCc1ccccc1)NC1CCS(=O)(=O)C1.I. The molecule has 10 heteroatoms. The molecule has 1 aliphatic heterocycles. The molecule has 2 N–H and O–H groups in total. The third-order valence-corrected chi connectivity index (χ3v) is 6.51. The molecular formula is C19H29IN6O2S. The van der Waals surface area contributed by atoms with Gasteiger partial charge in [0.05, 0.1) is 11.5 Å². The first-order chi connectivity index (χ1) is 13.6. The summed E-state index contributed by atoms with van der Waals surface area (Å²) in [5.41, 5.74) is 1.23. The Labute approximate surface area is 189 Å². The first-order valence-corrected chi connectivity index (χ1v) is 11.5. The van der Waals surface area contributed by atoms with Crippen molar-refractivity contribution in [3.63, 3.8) is 0 Å². The minimum atomic E-state index is -2.94. The van der Waals surface area contributed by atoms with Crippen LogP contribution < -0.4 is 10.6 Å². The lowest BCUT2D eigenvalue weighted by Gasteiger charge is -2.17. The average molecular weight is 532 g/mol. The lowest BCUT2D eigenvalue weighted by molar-refractivity contribution is 0.597. The van der Waals surface area contributed by atoms with E-state index >= 15 is 0 Å². The molecule has 1 aromatic heterocycles. The monoisotopic (exact) mass is 532 g/mol. The van der Waals surface area contributed by atoms with Gasteiger partial charge in [-0.1, -0.05) is 37.3 Å². The molecule has 1 atom stereocenters. The smallest absolute Gasteiger partial charge is 0.191 e. The second-order valence-corrected chi connectivity index (χ2v) is 9.16. The molecule has 0 spiro atoms. The van der Waals surface area contributed by atoms with Gasteiger partial charge in [0.15, 0.2) is 15.8 Å². The van der Waals surface area contributed by atoms with Crippen LogP contribution in [0.5, 0.6) is 0 Å². The van der Waals surface area contributed by atoms with Crippen molar-refractivity contribution in [1.29, 1.82) is 0 Å². The summed E-state index contributed by atoms with van der Waals surface area (Å²) in [5.74, 6) is 2.00. The zero-order chi connectivity index (χ0) is 19.8. The molecule has 0 radical (unpaired) electrons. The second-order valence-electron chi connectivity index (χ2n) is 6.93. The second kappa shape index (κ2) is 11.5. The maximum Gasteiger partial charge on any atom is 0.191 e. The van der Waals surface area contributed by atoms with Crippen molar-refractivity contribution in [3.8, 4) is 0 Å². The summed E-state index contributed by atoms with van der Waals surface area (Å²) in [7, 11) is -2.94. The summed E-state index contributed by atoms with van der Waals surface area (Å²) in [5, 5.41) is 14.6. The number of hydrogen-bond acceptors (Lipinski definition) is 5. The van der Waals surface area contributed by atoms with Crippen LogP contribution in [0.1, 0.15) is 24.7 Å². The van der Waals surface area contributed by atoms with E-state index in [0.717, 1.165) is 25.2 Å². The van der Waals surface area contributed by atoms with E-state index in [9.17, 15) is 8.42 Å². The molecule has 0 bridgehead atoms. The van der Waals surface area contributed by atoms with Crippen LogP contribution in [-0.4, -0.2) is 59.8 Å². The highest BCUT2D eigenvalue weighted by molar-refractivity contribution is 14.0. The summed E-state index contributed by atoms with van der Waals surface area (Å²) >= 11 is 0. The van der Waals surface area contributed by atoms with Crippen molar-refractivity contribution < 1.29 is 8.42 Å². The van der Waals surface area contributed by atoms with Crippen LogP contribution in [0.25, 0.3) is 0 Å². The Hall–Kier alpha value is -1.69. The summed E-state index contributed by atoms with van der Waals surface area (Å²) in [6, 6.07) is 10.1. The van der Waals surface area contributed by atoms with E-state index in [0.29, 0.717) is 25.5 Å². The van der Waals surface area contributed by atoms with Crippen LogP contribution in [0.15, 0.2) is 41.7 Å². The van der Waals surface area contributed by atoms with Gasteiger partial charge in [-0.3, -0.25) is 4.99 Å². The van der Waals surface area contributed by atoms with Gasteiger partial charge in [-0.05, 0) is 18.4 Å². The highest BCUT2D eigenvalue weighted by atomic mass is 127. The Bertz CT molecular complexity index is 885. The van der Waals surface area contributed by atoms with Gasteiger partial charge in [0.2, 0.25) is 0 Å². The molecule has 1 unspecified atom stereocenters. The normalized spacial score (nSPS) is 18.2. The van der Waals surface area contributed by atoms with Gasteiger partial charge in [0.1, 0.15) is 12.2 Å². The third kappa shape index (κ3) is 7.57. The summed E-state index contributed by atoms with van der Waals surface area (Å²) < 4.78 is 25.5. The Balaban J connectivity index is 0.00000300. The molecule has 1 aliphatic rings. The standard InChI is InChI=1S/C19H28N6O2S.HI/c1-2-18-24-22-15-25(18)12-11-21-19(23-17-9-13-28(26,27)14-17)20-10-8-16-6-4-3-5-7-16;/h3-7,15,17H,2,8-14H2,1H3,(H2,20,21,23);1H. The third-order valence-electron chi connectivity index (χ3n) is 4.74. The number of aliphatic imine (C=N–C) groups is 1. The number of rotatable bonds is 8. The van der Waals surface area contributed by atoms with Crippen molar-refractivity contribution in [1.82, 2.24) is 25.4 Å². The number of nitrogens with zero attached hydrogens (tertiary/aromatic N) is 4. The van der Waals surface area contributed by atoms with Crippen molar-refractivity contribution in [2.75, 3.05) is 24.6 Å². The Morgan fingerprint density at radius 1 is 1.31 bits per heavy atom. The zero-order valence-corrected chi connectivity index (χ0v) is 19.8. The fourth-order valence-corrected chi connectivity index (χ4v) is 4.90. The van der Waals surface area contributed by atoms with Crippen molar-refractivity contribution in [2.24, 2.45) is 4.99 Å². The first-order valence-electron chi connectivity index (χ1n) is 9.71. The molecule has 2 aromatic rings. The largest absolute Gasteiger partial charge is 0.355 e. The number of benzene rings is 1. The summed E-state index contributed by atoms with van der Waals surface area (Å²) in [4.78, 5) is 4.65. The molecular weight excluding hydrogens is 503 g/mol. The molecule has 0 saturated carbocycles. The highest BCUT2D eigenvalue weighted by Gasteiger charge is 2.28. The van der Waals surface area contributed by atoms with Crippen molar-refractivity contribution in [3.05, 3.63) is 48.0 Å². The number of sulfone groups is 1. The first kappa shape index (κ1) is 23.6. The predicted octanol–water partition coefficient (Wildman–Crippen LogP) is 1.42. The van der Waals surface area contributed by atoms with Crippen LogP contribution in [0.2, 0.25) is 0 Å². The van der Waals surface area contributed by atoms with Gasteiger partial charge in [0.25, 0.3) is 0 Å². The van der Waals surface area contributed by atoms with Gasteiger partial charge >= 0.3 is 0 Å². The van der Waals surface area contributed by atoms with Crippen LogP contribution in [0.3, 0.4) is 0 Å². The summed E-state index contributed by atoms with van der Waals surface area (Å²) in [6.07, 6.45) is 4.01. The fourth-order valence-electron chi connectivity index (χ4n) is 3.23. The number of hydrogen-bond donors (Lipinski definition) is 2. The van der Waals surface area contributed by atoms with Gasteiger partial charge in [-0.25, -0.2) is 8.42 Å². The van der Waals surface area contributed by atoms with E-state index in [2.05, 4.69) is 38.0 Å². The predicted molar refractivity (Wildman–Crippen MR) is 125 cm³/mol. The Morgan fingerprint density at radius 2 is 2.10 bits per heavy atom. The van der Waals surface area contributed by atoms with Crippen LogP contribution in [0.4, 0.5) is 0 Å². The van der Waals surface area contributed by atoms with Gasteiger partial charge in [-0.2, -0.15) is 0 Å². The van der Waals surface area contributed by atoms with Crippen LogP contribution in [0, 0.1) is 0 Å². The Morgan fingerprint density at radius 3 is 2.79 bits per heavy atom. The minimum absolute atomic E-state index is 0. The van der Waals surface area contributed by atoms with E-state index in [-0.39, 0.29) is 41.5 Å². The molecule has 1 aromatic carbocycles. The molecule has 0 aliphatic carbocycles. The highest BCUT2D eigenvalue weighted by Crippen LogP contribution is 2.11. The minimum Gasteiger partial charge on any atom is -0.355 e. The topological polar surface area (TPSA) is 101 Å². The Kier molecular flexibility index (Phi) is 9.34. The fraction of sp³-hybridized carbons (Fsp3) is 0.526. The van der Waals surface area contributed by atoms with Gasteiger partial charge in [-0.15, -0.1) is 34.2 Å². The maximum atomic E-state index is 11.7. The molecule has 1 saturated heterocycles. The van der Waals surface area contributed by atoms with Gasteiger partial charge in [0, 0.05) is 32.1 Å².